The zero-order valence-electron chi connectivity index (χ0n) is 7.86. The smallest absolute Gasteiger partial charge is 0.178 e. The van der Waals surface area contributed by atoms with Crippen LogP contribution in [0, 0.1) is 5.92 Å². The van der Waals surface area contributed by atoms with Crippen molar-refractivity contribution < 1.29 is 8.42 Å². The second kappa shape index (κ2) is 3.65. The average molecular weight is 265 g/mol. The molecule has 0 aromatic heterocycles. The van der Waals surface area contributed by atoms with Crippen molar-refractivity contribution in [1.29, 1.82) is 0 Å². The summed E-state index contributed by atoms with van der Waals surface area (Å²) < 4.78 is 22.9. The molecule has 0 N–H and O–H groups in total. The van der Waals surface area contributed by atoms with Gasteiger partial charge >= 0.3 is 0 Å². The number of halogens is 2. The third-order valence-corrected chi connectivity index (χ3v) is 5.24. The minimum atomic E-state index is -3.24. The van der Waals surface area contributed by atoms with Crippen LogP contribution in [0.4, 0.5) is 0 Å². The Balaban J connectivity index is 2.16. The van der Waals surface area contributed by atoms with E-state index in [9.17, 15) is 8.42 Å². The van der Waals surface area contributed by atoms with Crippen LogP contribution in [-0.2, 0) is 9.84 Å². The highest BCUT2D eigenvalue weighted by Crippen LogP contribution is 2.53. The van der Waals surface area contributed by atoms with Crippen LogP contribution in [0.3, 0.4) is 0 Å². The summed E-state index contributed by atoms with van der Waals surface area (Å²) in [6.45, 7) is 0. The highest BCUT2D eigenvalue weighted by Gasteiger charge is 2.53. The number of benzene rings is 1. The van der Waals surface area contributed by atoms with Gasteiger partial charge in [-0.2, -0.15) is 0 Å². The Labute approximate surface area is 99.1 Å². The second-order valence-electron chi connectivity index (χ2n) is 3.76. The molecule has 1 saturated carbocycles. The molecule has 1 aromatic rings. The molecule has 0 heterocycles. The quantitative estimate of drug-likeness (QED) is 0.787. The lowest BCUT2D eigenvalue weighted by atomic mass is 10.4. The van der Waals surface area contributed by atoms with Gasteiger partial charge in [0.15, 0.2) is 9.84 Å². The van der Waals surface area contributed by atoms with Gasteiger partial charge in [0.2, 0.25) is 0 Å². The maximum atomic E-state index is 11.9. The van der Waals surface area contributed by atoms with Crippen LogP contribution in [0.5, 0.6) is 0 Å². The lowest BCUT2D eigenvalue weighted by Gasteiger charge is -2.03. The molecule has 0 unspecified atom stereocenters. The maximum Gasteiger partial charge on any atom is 0.178 e. The Morgan fingerprint density at radius 3 is 2.27 bits per heavy atom. The van der Waals surface area contributed by atoms with Gasteiger partial charge in [-0.15, -0.1) is 23.2 Å². The lowest BCUT2D eigenvalue weighted by molar-refractivity contribution is 0.592. The van der Waals surface area contributed by atoms with Gasteiger partial charge in [-0.05, 0) is 18.6 Å². The molecule has 82 valence electrons. The monoisotopic (exact) mass is 264 g/mol. The van der Waals surface area contributed by atoms with Crippen molar-refractivity contribution in [3.05, 3.63) is 30.3 Å². The summed E-state index contributed by atoms with van der Waals surface area (Å²) in [5, 5.41) is 0. The van der Waals surface area contributed by atoms with Gasteiger partial charge in [0, 0.05) is 5.92 Å². The van der Waals surface area contributed by atoms with E-state index < -0.39 is 14.2 Å². The molecule has 2 rings (SSSR count). The molecular formula is C10H10Cl2O2S. The third kappa shape index (κ3) is 2.47. The maximum absolute atomic E-state index is 11.9. The van der Waals surface area contributed by atoms with E-state index in [1.54, 1.807) is 30.3 Å². The van der Waals surface area contributed by atoms with Gasteiger partial charge in [0.25, 0.3) is 0 Å². The summed E-state index contributed by atoms with van der Waals surface area (Å²) in [5.74, 6) is -0.102. The van der Waals surface area contributed by atoms with Gasteiger partial charge in [-0.25, -0.2) is 8.42 Å². The average Bonchev–Trinajstić information content (AvgIpc) is 2.74. The Morgan fingerprint density at radius 2 is 1.80 bits per heavy atom. The highest BCUT2D eigenvalue weighted by molar-refractivity contribution is 7.91. The van der Waals surface area contributed by atoms with Crippen molar-refractivity contribution in [2.24, 2.45) is 5.92 Å². The summed E-state index contributed by atoms with van der Waals surface area (Å²) >= 11 is 11.6. The van der Waals surface area contributed by atoms with E-state index in [4.69, 9.17) is 23.2 Å². The van der Waals surface area contributed by atoms with Crippen molar-refractivity contribution in [3.8, 4) is 0 Å². The van der Waals surface area contributed by atoms with Gasteiger partial charge < -0.3 is 0 Å². The van der Waals surface area contributed by atoms with Crippen LogP contribution in [0.2, 0.25) is 0 Å². The second-order valence-corrected chi connectivity index (χ2v) is 7.33. The Hall–Kier alpha value is -0.250. The molecule has 1 atom stereocenters. The van der Waals surface area contributed by atoms with Crippen LogP contribution in [0.25, 0.3) is 0 Å². The molecule has 0 spiro atoms. The number of alkyl halides is 2. The van der Waals surface area contributed by atoms with Crippen molar-refractivity contribution in [3.63, 3.8) is 0 Å². The van der Waals surface area contributed by atoms with Crippen molar-refractivity contribution >= 4 is 33.0 Å². The SMILES string of the molecule is O=S(=O)(C[C@H]1CC1(Cl)Cl)c1ccccc1. The summed E-state index contributed by atoms with van der Waals surface area (Å²) in [6.07, 6.45) is 0.558. The number of hydrogen-bond donors (Lipinski definition) is 0. The van der Waals surface area contributed by atoms with Gasteiger partial charge in [-0.3, -0.25) is 0 Å². The van der Waals surface area contributed by atoms with Crippen LogP contribution in [0.15, 0.2) is 35.2 Å². The molecule has 1 aromatic carbocycles. The standard InChI is InChI=1S/C10H10Cl2O2S/c11-10(12)6-8(10)7-15(13,14)9-4-2-1-3-5-9/h1-5,8H,6-7H2/t8-/m1/s1. The minimum Gasteiger partial charge on any atom is -0.224 e. The van der Waals surface area contributed by atoms with Crippen molar-refractivity contribution in [2.75, 3.05) is 5.75 Å². The summed E-state index contributed by atoms with van der Waals surface area (Å²) in [6, 6.07) is 8.36. The summed E-state index contributed by atoms with van der Waals surface area (Å²) in [4.78, 5) is 0.334. The first-order valence-electron chi connectivity index (χ1n) is 4.57. The summed E-state index contributed by atoms with van der Waals surface area (Å²) in [7, 11) is -3.24. The summed E-state index contributed by atoms with van der Waals surface area (Å²) in [5.41, 5.74) is 0. The van der Waals surface area contributed by atoms with E-state index in [2.05, 4.69) is 0 Å². The van der Waals surface area contributed by atoms with Gasteiger partial charge in [0.1, 0.15) is 4.33 Å². The van der Waals surface area contributed by atoms with Gasteiger partial charge in [0.05, 0.1) is 10.6 Å². The number of hydrogen-bond acceptors (Lipinski definition) is 2. The zero-order chi connectivity index (χ0) is 11.1. The number of sulfone groups is 1. The predicted octanol–water partition coefficient (Wildman–Crippen LogP) is 2.65. The van der Waals surface area contributed by atoms with Crippen LogP contribution < -0.4 is 0 Å². The van der Waals surface area contributed by atoms with E-state index >= 15 is 0 Å². The molecule has 5 heteroatoms. The first-order chi connectivity index (χ1) is 6.92. The molecule has 15 heavy (non-hydrogen) atoms. The van der Waals surface area contributed by atoms with Gasteiger partial charge in [-0.1, -0.05) is 18.2 Å². The fourth-order valence-electron chi connectivity index (χ4n) is 1.44. The Kier molecular flexibility index (Phi) is 2.73. The molecule has 2 nitrogen and oxygen atoms in total. The molecular weight excluding hydrogens is 255 g/mol. The molecule has 0 amide bonds. The van der Waals surface area contributed by atoms with Crippen molar-refractivity contribution in [1.82, 2.24) is 0 Å². The molecule has 0 bridgehead atoms. The van der Waals surface area contributed by atoms with E-state index in [1.165, 1.54) is 0 Å². The third-order valence-electron chi connectivity index (χ3n) is 2.48. The first-order valence-corrected chi connectivity index (χ1v) is 6.98. The largest absolute Gasteiger partial charge is 0.224 e. The molecule has 0 radical (unpaired) electrons. The highest BCUT2D eigenvalue weighted by atomic mass is 35.5. The molecule has 1 fully saturated rings. The molecule has 1 aliphatic carbocycles. The van der Waals surface area contributed by atoms with E-state index in [0.29, 0.717) is 11.3 Å². The normalized spacial score (nSPS) is 23.7. The topological polar surface area (TPSA) is 34.1 Å². The van der Waals surface area contributed by atoms with Crippen LogP contribution in [0.1, 0.15) is 6.42 Å². The predicted molar refractivity (Wildman–Crippen MR) is 61.0 cm³/mol. The van der Waals surface area contributed by atoms with Crippen LogP contribution in [-0.4, -0.2) is 18.5 Å². The number of rotatable bonds is 3. The lowest BCUT2D eigenvalue weighted by Crippen LogP contribution is -2.11. The first kappa shape index (κ1) is 11.2. The Morgan fingerprint density at radius 1 is 1.27 bits per heavy atom. The fraction of sp³-hybridized carbons (Fsp3) is 0.400. The Bertz CT molecular complexity index is 454. The van der Waals surface area contributed by atoms with E-state index in [-0.39, 0.29) is 11.7 Å². The minimum absolute atomic E-state index is 0.0318. The van der Waals surface area contributed by atoms with Crippen molar-refractivity contribution in [2.45, 2.75) is 15.6 Å². The van der Waals surface area contributed by atoms with Crippen LogP contribution >= 0.6 is 23.2 Å². The van der Waals surface area contributed by atoms with E-state index in [1.807, 2.05) is 0 Å². The molecule has 0 aliphatic heterocycles. The van der Waals surface area contributed by atoms with E-state index in [0.717, 1.165) is 0 Å². The fourth-order valence-corrected chi connectivity index (χ4v) is 3.85. The molecule has 1 aliphatic rings. The molecule has 0 saturated heterocycles. The zero-order valence-corrected chi connectivity index (χ0v) is 10.2.